The first-order valence-corrected chi connectivity index (χ1v) is 5.66. The number of fused-ring (bicyclic) bond motifs is 1. The van der Waals surface area contributed by atoms with Gasteiger partial charge in [-0.2, -0.15) is 0 Å². The van der Waals surface area contributed by atoms with Crippen molar-refractivity contribution >= 4 is 17.4 Å². The molecule has 86 valence electrons. The summed E-state index contributed by atoms with van der Waals surface area (Å²) in [5.41, 5.74) is 2.05. The Labute approximate surface area is 99.7 Å². The van der Waals surface area contributed by atoms with Crippen molar-refractivity contribution in [3.8, 4) is 0 Å². The highest BCUT2D eigenvalue weighted by Gasteiger charge is 2.32. The molecule has 4 nitrogen and oxygen atoms in total. The number of hydrogen-bond acceptors (Lipinski definition) is 3. The number of hydrogen-bond donors (Lipinski definition) is 1. The quantitative estimate of drug-likeness (QED) is 0.784. The van der Waals surface area contributed by atoms with Gasteiger partial charge in [0.15, 0.2) is 0 Å². The number of nitrogens with one attached hydrogen (secondary N) is 1. The topological polar surface area (TPSA) is 44.7 Å². The Balaban J connectivity index is 1.96. The summed E-state index contributed by atoms with van der Waals surface area (Å²) in [7, 11) is 0. The monoisotopic (exact) mass is 227 g/mol. The minimum absolute atomic E-state index is 0.0509. The Hall–Kier alpha value is -2.10. The fourth-order valence-corrected chi connectivity index (χ4v) is 2.08. The van der Waals surface area contributed by atoms with E-state index >= 15 is 0 Å². The lowest BCUT2D eigenvalue weighted by Crippen LogP contribution is -2.40. The van der Waals surface area contributed by atoms with Gasteiger partial charge >= 0.3 is 0 Å². The molecular formula is C13H13N3O. The lowest BCUT2D eigenvalue weighted by atomic mass is 10.1. The summed E-state index contributed by atoms with van der Waals surface area (Å²) in [6, 6.07) is 9.73. The average Bonchev–Trinajstić information content (AvgIpc) is 2.66. The second-order valence-corrected chi connectivity index (χ2v) is 4.19. The van der Waals surface area contributed by atoms with Crippen LogP contribution in [0.3, 0.4) is 0 Å². The Morgan fingerprint density at radius 1 is 1.35 bits per heavy atom. The van der Waals surface area contributed by atoms with Crippen LogP contribution in [-0.4, -0.2) is 29.2 Å². The smallest absolute Gasteiger partial charge is 0.256 e. The number of carbonyl (C=O) groups is 1. The molecule has 2 aliphatic heterocycles. The summed E-state index contributed by atoms with van der Waals surface area (Å²) in [5, 5.41) is 3.28. The number of amides is 1. The van der Waals surface area contributed by atoms with Crippen LogP contribution in [0.4, 0.5) is 0 Å². The summed E-state index contributed by atoms with van der Waals surface area (Å²) in [6.45, 7) is 2.43. The van der Waals surface area contributed by atoms with E-state index in [1.165, 1.54) is 0 Å². The van der Waals surface area contributed by atoms with Crippen LogP contribution < -0.4 is 5.32 Å². The predicted octanol–water partition coefficient (Wildman–Crippen LogP) is 1.22. The molecule has 1 unspecified atom stereocenters. The first-order valence-electron chi connectivity index (χ1n) is 5.66. The van der Waals surface area contributed by atoms with Crippen LogP contribution in [0.2, 0.25) is 0 Å². The second kappa shape index (κ2) is 3.73. The fraction of sp³-hybridized carbons (Fsp3) is 0.231. The van der Waals surface area contributed by atoms with Gasteiger partial charge in [-0.3, -0.25) is 14.7 Å². The molecule has 1 aromatic rings. The molecule has 0 aliphatic carbocycles. The molecule has 0 bridgehead atoms. The number of rotatable bonds is 1. The van der Waals surface area contributed by atoms with Gasteiger partial charge in [0.2, 0.25) is 0 Å². The zero-order valence-corrected chi connectivity index (χ0v) is 9.55. The van der Waals surface area contributed by atoms with Gasteiger partial charge in [-0.05, 0) is 12.5 Å². The van der Waals surface area contributed by atoms with Gasteiger partial charge in [0.05, 0.1) is 12.2 Å². The molecule has 2 aliphatic rings. The Morgan fingerprint density at radius 3 is 2.88 bits per heavy atom. The molecule has 17 heavy (non-hydrogen) atoms. The van der Waals surface area contributed by atoms with Crippen LogP contribution in [0.5, 0.6) is 0 Å². The lowest BCUT2D eigenvalue weighted by molar-refractivity contribution is -0.125. The van der Waals surface area contributed by atoms with E-state index in [1.807, 2.05) is 43.5 Å². The molecule has 4 heteroatoms. The van der Waals surface area contributed by atoms with Crippen molar-refractivity contribution in [2.24, 2.45) is 4.99 Å². The van der Waals surface area contributed by atoms with Gasteiger partial charge in [0.1, 0.15) is 11.9 Å². The van der Waals surface area contributed by atoms with Crippen molar-refractivity contribution in [2.45, 2.75) is 13.0 Å². The molecule has 1 N–H and O–H groups in total. The summed E-state index contributed by atoms with van der Waals surface area (Å²) >= 11 is 0. The SMILES string of the molecule is CC1N=C2CNC(c3ccccc3)=CN2C1=O. The third kappa shape index (κ3) is 1.62. The van der Waals surface area contributed by atoms with Crippen LogP contribution in [0.1, 0.15) is 12.5 Å². The Morgan fingerprint density at radius 2 is 2.12 bits per heavy atom. The van der Waals surface area contributed by atoms with Gasteiger partial charge < -0.3 is 5.32 Å². The maximum Gasteiger partial charge on any atom is 0.256 e. The predicted molar refractivity (Wildman–Crippen MR) is 66.2 cm³/mol. The largest absolute Gasteiger partial charge is 0.376 e. The summed E-state index contributed by atoms with van der Waals surface area (Å²) in [5.74, 6) is 0.858. The van der Waals surface area contributed by atoms with Gasteiger partial charge in [0.25, 0.3) is 5.91 Å². The third-order valence-corrected chi connectivity index (χ3v) is 3.00. The van der Waals surface area contributed by atoms with E-state index in [4.69, 9.17) is 0 Å². The minimum atomic E-state index is -0.252. The van der Waals surface area contributed by atoms with Crippen molar-refractivity contribution < 1.29 is 4.79 Å². The number of carbonyl (C=O) groups excluding carboxylic acids is 1. The molecule has 0 saturated heterocycles. The highest BCUT2D eigenvalue weighted by Crippen LogP contribution is 2.20. The van der Waals surface area contributed by atoms with E-state index in [0.29, 0.717) is 6.54 Å². The van der Waals surface area contributed by atoms with E-state index in [0.717, 1.165) is 17.1 Å². The van der Waals surface area contributed by atoms with Gasteiger partial charge in [-0.25, -0.2) is 0 Å². The maximum absolute atomic E-state index is 11.9. The average molecular weight is 227 g/mol. The zero-order chi connectivity index (χ0) is 11.8. The van der Waals surface area contributed by atoms with Crippen LogP contribution in [0.25, 0.3) is 5.70 Å². The third-order valence-electron chi connectivity index (χ3n) is 3.00. The highest BCUT2D eigenvalue weighted by molar-refractivity contribution is 6.09. The van der Waals surface area contributed by atoms with E-state index in [1.54, 1.807) is 4.90 Å². The number of benzene rings is 1. The summed E-state index contributed by atoms with van der Waals surface area (Å²) in [4.78, 5) is 17.8. The maximum atomic E-state index is 11.9. The molecule has 1 amide bonds. The first-order chi connectivity index (χ1) is 8.25. The minimum Gasteiger partial charge on any atom is -0.376 e. The van der Waals surface area contributed by atoms with Crippen LogP contribution in [-0.2, 0) is 4.79 Å². The van der Waals surface area contributed by atoms with E-state index in [-0.39, 0.29) is 11.9 Å². The standard InChI is InChI=1S/C13H13N3O/c1-9-13(17)16-8-11(14-7-12(16)15-9)10-5-3-2-4-6-10/h2-6,8-9,14H,7H2,1H3. The second-order valence-electron chi connectivity index (χ2n) is 4.19. The van der Waals surface area contributed by atoms with Crippen molar-refractivity contribution in [1.29, 1.82) is 0 Å². The molecule has 0 saturated carbocycles. The molecule has 0 spiro atoms. The van der Waals surface area contributed by atoms with Gasteiger partial charge in [-0.1, -0.05) is 30.3 Å². The molecule has 1 atom stereocenters. The van der Waals surface area contributed by atoms with Crippen LogP contribution in [0.15, 0.2) is 41.5 Å². The number of aliphatic imine (C=N–C) groups is 1. The summed E-state index contributed by atoms with van der Waals surface area (Å²) in [6.07, 6.45) is 1.84. The van der Waals surface area contributed by atoms with Crippen molar-refractivity contribution in [1.82, 2.24) is 10.2 Å². The van der Waals surface area contributed by atoms with E-state index in [9.17, 15) is 4.79 Å². The molecule has 0 aromatic heterocycles. The number of nitrogens with zero attached hydrogens (tertiary/aromatic N) is 2. The zero-order valence-electron chi connectivity index (χ0n) is 9.55. The summed E-state index contributed by atoms with van der Waals surface area (Å²) < 4.78 is 0. The molecule has 0 radical (unpaired) electrons. The highest BCUT2D eigenvalue weighted by atomic mass is 16.2. The van der Waals surface area contributed by atoms with Gasteiger partial charge in [-0.15, -0.1) is 0 Å². The number of amidine groups is 1. The Bertz CT molecular complexity index is 519. The van der Waals surface area contributed by atoms with Crippen LogP contribution >= 0.6 is 0 Å². The Kier molecular flexibility index (Phi) is 2.21. The molecular weight excluding hydrogens is 214 g/mol. The van der Waals surface area contributed by atoms with Crippen molar-refractivity contribution in [3.05, 3.63) is 42.1 Å². The molecule has 3 rings (SSSR count). The van der Waals surface area contributed by atoms with Crippen molar-refractivity contribution in [3.63, 3.8) is 0 Å². The fourth-order valence-electron chi connectivity index (χ4n) is 2.08. The molecule has 2 heterocycles. The van der Waals surface area contributed by atoms with E-state index < -0.39 is 0 Å². The van der Waals surface area contributed by atoms with E-state index in [2.05, 4.69) is 10.3 Å². The van der Waals surface area contributed by atoms with Crippen LogP contribution in [0, 0.1) is 0 Å². The van der Waals surface area contributed by atoms with Crippen molar-refractivity contribution in [2.75, 3.05) is 6.54 Å². The first kappa shape index (κ1) is 10.1. The normalized spacial score (nSPS) is 22.8. The molecule has 0 fully saturated rings. The lowest BCUT2D eigenvalue weighted by Gasteiger charge is -2.23. The van der Waals surface area contributed by atoms with Gasteiger partial charge in [0, 0.05) is 6.20 Å². The molecule has 1 aromatic carbocycles.